The molecule has 1 amide bonds. The molecule has 1 unspecified atom stereocenters. The van der Waals surface area contributed by atoms with E-state index in [1.54, 1.807) is 31.2 Å². The SMILES string of the molecule is COC(=O)C1=C(C)N=c2s/c(=C/c3ccc(OCC(=O)Nc4ccc5ccccc5c4)c(OC)c3)c(=O)n2C1c1cc(Cl)c(O)c(OC)c1. The maximum atomic E-state index is 14.0. The Kier molecular flexibility index (Phi) is 9.43. The number of thiazole rings is 1. The van der Waals surface area contributed by atoms with Crippen molar-refractivity contribution >= 4 is 57.4 Å². The average Bonchev–Trinajstić information content (AvgIpc) is 3.40. The van der Waals surface area contributed by atoms with E-state index in [4.69, 9.17) is 30.5 Å². The van der Waals surface area contributed by atoms with Crippen LogP contribution in [-0.2, 0) is 14.3 Å². The number of phenols is 1. The number of anilines is 1. The molecule has 1 aliphatic rings. The summed E-state index contributed by atoms with van der Waals surface area (Å²) in [6.07, 6.45) is 1.67. The molecule has 6 rings (SSSR count). The number of halogens is 1. The number of esters is 1. The van der Waals surface area contributed by atoms with Crippen molar-refractivity contribution in [2.45, 2.75) is 13.0 Å². The van der Waals surface area contributed by atoms with Crippen LogP contribution in [0.4, 0.5) is 5.69 Å². The van der Waals surface area contributed by atoms with Crippen LogP contribution in [0.2, 0.25) is 5.02 Å². The predicted molar refractivity (Wildman–Crippen MR) is 187 cm³/mol. The number of benzene rings is 4. The van der Waals surface area contributed by atoms with Crippen molar-refractivity contribution in [2.24, 2.45) is 4.99 Å². The summed E-state index contributed by atoms with van der Waals surface area (Å²) in [5.74, 6) is -0.517. The Hall–Kier alpha value is -5.59. The Morgan fingerprint density at radius 3 is 2.47 bits per heavy atom. The summed E-state index contributed by atoms with van der Waals surface area (Å²) in [5.41, 5.74) is 1.76. The number of fused-ring (bicyclic) bond motifs is 2. The number of methoxy groups -OCH3 is 3. The van der Waals surface area contributed by atoms with Crippen molar-refractivity contribution in [3.63, 3.8) is 0 Å². The minimum Gasteiger partial charge on any atom is -0.503 e. The number of carbonyl (C=O) groups excluding carboxylic acids is 2. The topological polar surface area (TPSA) is 138 Å². The van der Waals surface area contributed by atoms with Crippen molar-refractivity contribution in [1.29, 1.82) is 0 Å². The largest absolute Gasteiger partial charge is 0.503 e. The monoisotopic (exact) mass is 699 g/mol. The van der Waals surface area contributed by atoms with Crippen molar-refractivity contribution in [1.82, 2.24) is 4.57 Å². The number of hydrogen-bond acceptors (Lipinski definition) is 10. The average molecular weight is 700 g/mol. The summed E-state index contributed by atoms with van der Waals surface area (Å²) >= 11 is 7.44. The first-order chi connectivity index (χ1) is 23.6. The Bertz CT molecular complexity index is 2350. The van der Waals surface area contributed by atoms with Gasteiger partial charge < -0.3 is 29.4 Å². The number of aromatic nitrogens is 1. The van der Waals surface area contributed by atoms with Gasteiger partial charge in [0.15, 0.2) is 34.4 Å². The van der Waals surface area contributed by atoms with Crippen molar-refractivity contribution in [3.05, 3.63) is 120 Å². The van der Waals surface area contributed by atoms with Crippen LogP contribution in [0.25, 0.3) is 16.8 Å². The van der Waals surface area contributed by atoms with Gasteiger partial charge in [0.05, 0.1) is 48.2 Å². The Morgan fingerprint density at radius 2 is 1.73 bits per heavy atom. The van der Waals surface area contributed by atoms with Gasteiger partial charge >= 0.3 is 5.97 Å². The molecule has 0 spiro atoms. The molecule has 0 bridgehead atoms. The zero-order valence-corrected chi connectivity index (χ0v) is 28.3. The van der Waals surface area contributed by atoms with Gasteiger partial charge in [0, 0.05) is 5.69 Å². The number of carbonyl (C=O) groups is 2. The number of ether oxygens (including phenoxy) is 4. The van der Waals surface area contributed by atoms with Crippen LogP contribution in [0.1, 0.15) is 24.1 Å². The number of nitrogens with one attached hydrogen (secondary N) is 1. The maximum Gasteiger partial charge on any atom is 0.338 e. The molecule has 2 heterocycles. The Balaban J connectivity index is 1.29. The number of allylic oxidation sites excluding steroid dienone is 1. The van der Waals surface area contributed by atoms with E-state index in [2.05, 4.69) is 10.3 Å². The number of amides is 1. The zero-order chi connectivity index (χ0) is 34.8. The summed E-state index contributed by atoms with van der Waals surface area (Å²) in [6.45, 7) is 1.40. The first kappa shape index (κ1) is 33.3. The van der Waals surface area contributed by atoms with Crippen LogP contribution in [-0.4, -0.2) is 49.5 Å². The highest BCUT2D eigenvalue weighted by molar-refractivity contribution is 7.07. The van der Waals surface area contributed by atoms with Crippen molar-refractivity contribution < 1.29 is 33.6 Å². The molecule has 0 saturated heterocycles. The lowest BCUT2D eigenvalue weighted by Crippen LogP contribution is -2.39. The Morgan fingerprint density at radius 1 is 0.980 bits per heavy atom. The quantitative estimate of drug-likeness (QED) is 0.206. The van der Waals surface area contributed by atoms with E-state index in [-0.39, 0.29) is 34.6 Å². The van der Waals surface area contributed by atoms with Crippen molar-refractivity contribution in [3.8, 4) is 23.0 Å². The number of rotatable bonds is 9. The van der Waals surface area contributed by atoms with Crippen LogP contribution < -0.4 is 34.4 Å². The minimum absolute atomic E-state index is 0.0177. The molecule has 0 radical (unpaired) electrons. The zero-order valence-electron chi connectivity index (χ0n) is 26.8. The smallest absolute Gasteiger partial charge is 0.338 e. The third kappa shape index (κ3) is 6.60. The molecule has 1 aliphatic heterocycles. The third-order valence-electron chi connectivity index (χ3n) is 7.89. The highest BCUT2D eigenvalue weighted by atomic mass is 35.5. The van der Waals surface area contributed by atoms with Gasteiger partial charge in [0.25, 0.3) is 11.5 Å². The summed E-state index contributed by atoms with van der Waals surface area (Å²) in [7, 11) is 4.09. The summed E-state index contributed by atoms with van der Waals surface area (Å²) < 4.78 is 23.4. The highest BCUT2D eigenvalue weighted by Gasteiger charge is 2.34. The van der Waals surface area contributed by atoms with Crippen LogP contribution in [0.3, 0.4) is 0 Å². The fraction of sp³-hybridized carbons (Fsp3) is 0.167. The maximum absolute atomic E-state index is 14.0. The lowest BCUT2D eigenvalue weighted by molar-refractivity contribution is -0.136. The van der Waals surface area contributed by atoms with Gasteiger partial charge in [-0.1, -0.05) is 59.3 Å². The van der Waals surface area contributed by atoms with Crippen LogP contribution in [0.15, 0.2) is 93.9 Å². The number of aromatic hydroxyl groups is 1. The fourth-order valence-corrected chi connectivity index (χ4v) is 6.83. The van der Waals surface area contributed by atoms with Gasteiger partial charge in [-0.15, -0.1) is 0 Å². The van der Waals surface area contributed by atoms with E-state index < -0.39 is 17.6 Å². The van der Waals surface area contributed by atoms with Gasteiger partial charge in [-0.25, -0.2) is 9.79 Å². The molecule has 11 nitrogen and oxygen atoms in total. The van der Waals surface area contributed by atoms with E-state index in [1.807, 2.05) is 42.5 Å². The van der Waals surface area contributed by atoms with Gasteiger partial charge in [-0.05, 0) is 71.3 Å². The molecule has 0 fully saturated rings. The molecule has 1 aromatic heterocycles. The molecule has 13 heteroatoms. The molecule has 0 aliphatic carbocycles. The van der Waals surface area contributed by atoms with Crippen molar-refractivity contribution in [2.75, 3.05) is 33.3 Å². The first-order valence-corrected chi connectivity index (χ1v) is 16.1. The minimum atomic E-state index is -0.969. The lowest BCUT2D eigenvalue weighted by Gasteiger charge is -2.25. The van der Waals surface area contributed by atoms with Gasteiger partial charge in [0.1, 0.15) is 0 Å². The van der Waals surface area contributed by atoms with Crippen LogP contribution >= 0.6 is 22.9 Å². The predicted octanol–water partition coefficient (Wildman–Crippen LogP) is 4.96. The molecular formula is C36H30ClN3O8S. The van der Waals surface area contributed by atoms with E-state index in [0.717, 1.165) is 22.1 Å². The molecule has 5 aromatic rings. The summed E-state index contributed by atoms with van der Waals surface area (Å²) in [6, 6.07) is 20.6. The summed E-state index contributed by atoms with van der Waals surface area (Å²) in [5, 5.41) is 15.2. The Labute approximate surface area is 288 Å². The highest BCUT2D eigenvalue weighted by Crippen LogP contribution is 2.40. The number of hydrogen-bond donors (Lipinski definition) is 2. The molecule has 2 N–H and O–H groups in total. The standard InChI is InChI=1S/C36H30ClN3O8S/c1-19-31(35(44)47-4)32(23-16-25(37)33(42)28(17-23)46-3)40-34(43)29(49-36(40)38-19)14-20-9-12-26(27(13-20)45-2)48-18-30(41)39-24-11-10-21-7-5-6-8-22(21)15-24/h5-17,32,42H,18H2,1-4H3,(H,39,41)/b29-14+. The first-order valence-electron chi connectivity index (χ1n) is 14.9. The third-order valence-corrected chi connectivity index (χ3v) is 9.16. The van der Waals surface area contributed by atoms with Crippen LogP contribution in [0.5, 0.6) is 23.0 Å². The second kappa shape index (κ2) is 13.9. The van der Waals surface area contributed by atoms with Gasteiger partial charge in [0.2, 0.25) is 0 Å². The molecular weight excluding hydrogens is 670 g/mol. The molecule has 49 heavy (non-hydrogen) atoms. The molecule has 250 valence electrons. The summed E-state index contributed by atoms with van der Waals surface area (Å²) in [4.78, 5) is 44.6. The van der Waals surface area contributed by atoms with E-state index >= 15 is 0 Å². The van der Waals surface area contributed by atoms with E-state index in [0.29, 0.717) is 43.3 Å². The number of nitrogens with zero attached hydrogens (tertiary/aromatic N) is 2. The fourth-order valence-electron chi connectivity index (χ4n) is 5.57. The normalized spacial score (nSPS) is 14.2. The molecule has 0 saturated carbocycles. The second-order valence-electron chi connectivity index (χ2n) is 10.9. The second-order valence-corrected chi connectivity index (χ2v) is 12.4. The van der Waals surface area contributed by atoms with E-state index in [1.165, 1.54) is 38.0 Å². The number of phenolic OH excluding ortho intramolecular Hbond substituents is 1. The van der Waals surface area contributed by atoms with Crippen LogP contribution in [0, 0.1) is 0 Å². The van der Waals surface area contributed by atoms with Gasteiger partial charge in [-0.2, -0.15) is 0 Å². The van der Waals surface area contributed by atoms with E-state index in [9.17, 15) is 19.5 Å². The molecule has 1 atom stereocenters. The van der Waals surface area contributed by atoms with Gasteiger partial charge in [-0.3, -0.25) is 14.2 Å². The molecule has 4 aromatic carbocycles. The lowest BCUT2D eigenvalue weighted by atomic mass is 9.95.